The fraction of sp³-hybridized carbons (Fsp3) is 0.318. The Bertz CT molecular complexity index is 895. The number of imidazole rings is 1. The van der Waals surface area contributed by atoms with Crippen molar-refractivity contribution in [3.05, 3.63) is 76.9 Å². The number of hydrogen-bond donors (Lipinski definition) is 1. The Morgan fingerprint density at radius 2 is 1.78 bits per heavy atom. The fourth-order valence-electron chi connectivity index (χ4n) is 3.23. The summed E-state index contributed by atoms with van der Waals surface area (Å²) in [5, 5.41) is 3.67. The summed E-state index contributed by atoms with van der Waals surface area (Å²) in [4.78, 5) is 4.57. The summed E-state index contributed by atoms with van der Waals surface area (Å²) < 4.78 is 12.9. The van der Waals surface area contributed by atoms with Crippen LogP contribution in [0.5, 0.6) is 11.5 Å². The summed E-state index contributed by atoms with van der Waals surface area (Å²) >= 11 is 0. The number of ether oxygens (including phenoxy) is 2. The number of nitrogens with zero attached hydrogens (tertiary/aromatic N) is 2. The molecule has 142 valence electrons. The maximum Gasteiger partial charge on any atom is 0.130 e. The first kappa shape index (κ1) is 19.0. The van der Waals surface area contributed by atoms with Crippen LogP contribution in [0.25, 0.3) is 0 Å². The molecular formula is C22H27N3O2. The number of aromatic nitrogens is 2. The Hall–Kier alpha value is -2.79. The molecule has 3 aromatic rings. The molecule has 0 fully saturated rings. The lowest BCUT2D eigenvalue weighted by atomic mass is 10.0. The Morgan fingerprint density at radius 1 is 1.07 bits per heavy atom. The minimum atomic E-state index is -0.0890. The Labute approximate surface area is 161 Å². The molecule has 1 atom stereocenters. The zero-order valence-corrected chi connectivity index (χ0v) is 16.6. The number of rotatable bonds is 7. The summed E-state index contributed by atoms with van der Waals surface area (Å²) in [5.41, 5.74) is 4.94. The van der Waals surface area contributed by atoms with E-state index >= 15 is 0 Å². The van der Waals surface area contributed by atoms with Crippen LogP contribution in [0.4, 0.5) is 0 Å². The lowest BCUT2D eigenvalue weighted by Gasteiger charge is -2.21. The van der Waals surface area contributed by atoms with Gasteiger partial charge >= 0.3 is 0 Å². The zero-order valence-electron chi connectivity index (χ0n) is 16.6. The quantitative estimate of drug-likeness (QED) is 0.689. The van der Waals surface area contributed by atoms with Gasteiger partial charge in [0.2, 0.25) is 0 Å². The van der Waals surface area contributed by atoms with E-state index in [-0.39, 0.29) is 6.04 Å². The second-order valence-electron chi connectivity index (χ2n) is 6.72. The van der Waals surface area contributed by atoms with Gasteiger partial charge in [0.25, 0.3) is 0 Å². The third-order valence-corrected chi connectivity index (χ3v) is 5.04. The highest BCUT2D eigenvalue weighted by molar-refractivity contribution is 5.42. The summed E-state index contributed by atoms with van der Waals surface area (Å²) in [7, 11) is 5.34. The highest BCUT2D eigenvalue weighted by Gasteiger charge is 2.20. The van der Waals surface area contributed by atoms with Crippen molar-refractivity contribution < 1.29 is 9.47 Å². The number of hydrogen-bond acceptors (Lipinski definition) is 4. The molecule has 5 nitrogen and oxygen atoms in total. The Balaban J connectivity index is 1.97. The van der Waals surface area contributed by atoms with Crippen LogP contribution < -0.4 is 14.8 Å². The van der Waals surface area contributed by atoms with Gasteiger partial charge in [-0.05, 0) is 48.2 Å². The monoisotopic (exact) mass is 365 g/mol. The van der Waals surface area contributed by atoms with Gasteiger partial charge in [-0.3, -0.25) is 5.32 Å². The average Bonchev–Trinajstić information content (AvgIpc) is 3.10. The molecule has 27 heavy (non-hydrogen) atoms. The molecule has 0 spiro atoms. The van der Waals surface area contributed by atoms with Gasteiger partial charge in [0.1, 0.15) is 17.3 Å². The van der Waals surface area contributed by atoms with E-state index in [1.807, 2.05) is 42.2 Å². The van der Waals surface area contributed by atoms with E-state index in [0.29, 0.717) is 0 Å². The van der Waals surface area contributed by atoms with Gasteiger partial charge in [-0.2, -0.15) is 0 Å². The first-order valence-electron chi connectivity index (χ1n) is 9.02. The van der Waals surface area contributed by atoms with E-state index in [9.17, 15) is 0 Å². The van der Waals surface area contributed by atoms with Crippen LogP contribution in [0, 0.1) is 13.8 Å². The minimum absolute atomic E-state index is 0.0890. The third-order valence-electron chi connectivity index (χ3n) is 5.04. The first-order chi connectivity index (χ1) is 13.0. The maximum atomic E-state index is 5.46. The first-order valence-corrected chi connectivity index (χ1v) is 9.02. The second-order valence-corrected chi connectivity index (χ2v) is 6.72. The summed E-state index contributed by atoms with van der Waals surface area (Å²) in [5.74, 6) is 2.46. The van der Waals surface area contributed by atoms with Gasteiger partial charge in [-0.25, -0.2) is 4.98 Å². The van der Waals surface area contributed by atoms with E-state index in [4.69, 9.17) is 9.47 Å². The van der Waals surface area contributed by atoms with E-state index in [1.54, 1.807) is 14.2 Å². The van der Waals surface area contributed by atoms with Crippen LogP contribution >= 0.6 is 0 Å². The topological polar surface area (TPSA) is 48.3 Å². The van der Waals surface area contributed by atoms with Crippen molar-refractivity contribution in [2.75, 3.05) is 14.2 Å². The third kappa shape index (κ3) is 4.14. The molecule has 1 unspecified atom stereocenters. The van der Waals surface area contributed by atoms with Crippen LogP contribution in [0.2, 0.25) is 0 Å². The van der Waals surface area contributed by atoms with Crippen molar-refractivity contribution in [1.82, 2.24) is 14.9 Å². The molecule has 0 aliphatic heterocycles. The SMILES string of the molecule is COc1cc(OC)cc(C(NCc2cccc(C)c2C)c2nccn2C)c1. The molecule has 0 radical (unpaired) electrons. The molecule has 0 aliphatic carbocycles. The van der Waals surface area contributed by atoms with E-state index in [2.05, 4.69) is 42.3 Å². The second kappa shape index (κ2) is 8.27. The van der Waals surface area contributed by atoms with Gasteiger partial charge in [0, 0.05) is 32.1 Å². The molecule has 0 bridgehead atoms. The molecular weight excluding hydrogens is 338 g/mol. The lowest BCUT2D eigenvalue weighted by molar-refractivity contribution is 0.392. The van der Waals surface area contributed by atoms with Gasteiger partial charge in [0.05, 0.1) is 20.3 Å². The summed E-state index contributed by atoms with van der Waals surface area (Å²) in [6, 6.07) is 12.2. The Morgan fingerprint density at radius 3 is 2.37 bits per heavy atom. The van der Waals surface area contributed by atoms with Crippen LogP contribution in [-0.4, -0.2) is 23.8 Å². The van der Waals surface area contributed by atoms with Gasteiger partial charge < -0.3 is 14.0 Å². The maximum absolute atomic E-state index is 5.46. The van der Waals surface area contributed by atoms with Crippen LogP contribution in [0.3, 0.4) is 0 Å². The highest BCUT2D eigenvalue weighted by atomic mass is 16.5. The molecule has 0 amide bonds. The highest BCUT2D eigenvalue weighted by Crippen LogP contribution is 2.30. The predicted octanol–water partition coefficient (Wildman–Crippen LogP) is 3.93. The van der Waals surface area contributed by atoms with Gasteiger partial charge in [0.15, 0.2) is 0 Å². The van der Waals surface area contributed by atoms with Crippen molar-refractivity contribution in [3.63, 3.8) is 0 Å². The fourth-order valence-corrected chi connectivity index (χ4v) is 3.23. The molecule has 2 aromatic carbocycles. The van der Waals surface area contributed by atoms with Crippen LogP contribution in [-0.2, 0) is 13.6 Å². The van der Waals surface area contributed by atoms with Crippen molar-refractivity contribution >= 4 is 0 Å². The number of benzene rings is 2. The molecule has 0 saturated heterocycles. The molecule has 1 heterocycles. The summed E-state index contributed by atoms with van der Waals surface area (Å²) in [6.45, 7) is 5.04. The Kier molecular flexibility index (Phi) is 5.81. The summed E-state index contributed by atoms with van der Waals surface area (Å²) in [6.07, 6.45) is 3.78. The van der Waals surface area contributed by atoms with Crippen molar-refractivity contribution in [1.29, 1.82) is 0 Å². The smallest absolute Gasteiger partial charge is 0.130 e. The molecule has 1 N–H and O–H groups in total. The standard InChI is InChI=1S/C22H27N3O2/c1-15-7-6-8-17(16(15)2)14-24-21(22-23-9-10-25(22)3)18-11-19(26-4)13-20(12-18)27-5/h6-13,21,24H,14H2,1-5H3. The normalized spacial score (nSPS) is 12.0. The molecule has 1 aromatic heterocycles. The molecule has 3 rings (SSSR count). The van der Waals surface area contributed by atoms with E-state index < -0.39 is 0 Å². The zero-order chi connectivity index (χ0) is 19.4. The van der Waals surface area contributed by atoms with Crippen molar-refractivity contribution in [2.24, 2.45) is 7.05 Å². The predicted molar refractivity (Wildman–Crippen MR) is 107 cm³/mol. The van der Waals surface area contributed by atoms with Crippen molar-refractivity contribution in [3.8, 4) is 11.5 Å². The average molecular weight is 365 g/mol. The number of aryl methyl sites for hydroxylation is 2. The van der Waals surface area contributed by atoms with Crippen molar-refractivity contribution in [2.45, 2.75) is 26.4 Å². The van der Waals surface area contributed by atoms with E-state index in [0.717, 1.165) is 29.4 Å². The largest absolute Gasteiger partial charge is 0.497 e. The van der Waals surface area contributed by atoms with Crippen LogP contribution in [0.1, 0.15) is 34.1 Å². The number of nitrogens with one attached hydrogen (secondary N) is 1. The molecule has 5 heteroatoms. The van der Waals surface area contributed by atoms with Crippen LogP contribution in [0.15, 0.2) is 48.8 Å². The van der Waals surface area contributed by atoms with Gasteiger partial charge in [-0.1, -0.05) is 18.2 Å². The molecule has 0 aliphatic rings. The van der Waals surface area contributed by atoms with E-state index in [1.165, 1.54) is 16.7 Å². The number of methoxy groups -OCH3 is 2. The lowest BCUT2D eigenvalue weighted by Crippen LogP contribution is -2.25. The van der Waals surface area contributed by atoms with Gasteiger partial charge in [-0.15, -0.1) is 0 Å². The minimum Gasteiger partial charge on any atom is -0.497 e. The molecule has 0 saturated carbocycles.